The molecule has 0 atom stereocenters. The van der Waals surface area contributed by atoms with Crippen LogP contribution >= 0.6 is 23.4 Å². The first-order chi connectivity index (χ1) is 8.22. The number of benzene rings is 2. The van der Waals surface area contributed by atoms with Gasteiger partial charge in [-0.15, -0.1) is 0 Å². The van der Waals surface area contributed by atoms with Crippen molar-refractivity contribution in [2.45, 2.75) is 11.8 Å². The van der Waals surface area contributed by atoms with Crippen molar-refractivity contribution in [2.75, 3.05) is 0 Å². The SMILES string of the molecule is C=C/C(C)=C(/Cl)Sc1cccc2ccccc12. The van der Waals surface area contributed by atoms with Gasteiger partial charge in [-0.3, -0.25) is 0 Å². The summed E-state index contributed by atoms with van der Waals surface area (Å²) >= 11 is 7.82. The van der Waals surface area contributed by atoms with E-state index in [9.17, 15) is 0 Å². The Hall–Kier alpha value is -1.18. The second kappa shape index (κ2) is 5.44. The average Bonchev–Trinajstić information content (AvgIpc) is 2.38. The second-order valence-corrected chi connectivity index (χ2v) is 5.39. The molecule has 0 aliphatic heterocycles. The van der Waals surface area contributed by atoms with Gasteiger partial charge in [0.15, 0.2) is 0 Å². The van der Waals surface area contributed by atoms with Gasteiger partial charge in [0.05, 0.1) is 4.36 Å². The van der Waals surface area contributed by atoms with E-state index in [-0.39, 0.29) is 0 Å². The number of hydrogen-bond donors (Lipinski definition) is 0. The third kappa shape index (κ3) is 2.74. The van der Waals surface area contributed by atoms with Gasteiger partial charge in [0.1, 0.15) is 0 Å². The second-order valence-electron chi connectivity index (χ2n) is 3.74. The van der Waals surface area contributed by atoms with Crippen molar-refractivity contribution in [2.24, 2.45) is 0 Å². The molecule has 0 saturated carbocycles. The van der Waals surface area contributed by atoms with E-state index in [2.05, 4.69) is 36.9 Å². The van der Waals surface area contributed by atoms with Crippen LogP contribution in [-0.2, 0) is 0 Å². The Morgan fingerprint density at radius 3 is 2.65 bits per heavy atom. The van der Waals surface area contributed by atoms with E-state index in [1.165, 1.54) is 15.7 Å². The van der Waals surface area contributed by atoms with Gasteiger partial charge in [-0.1, -0.05) is 72.4 Å². The Morgan fingerprint density at radius 1 is 1.18 bits per heavy atom. The molecule has 0 aromatic heterocycles. The summed E-state index contributed by atoms with van der Waals surface area (Å²) in [7, 11) is 0. The smallest absolute Gasteiger partial charge is 0.0811 e. The molecule has 0 nitrogen and oxygen atoms in total. The zero-order chi connectivity index (χ0) is 12.3. The van der Waals surface area contributed by atoms with Gasteiger partial charge in [-0.25, -0.2) is 0 Å². The summed E-state index contributed by atoms with van der Waals surface area (Å²) in [5.74, 6) is 0. The highest BCUT2D eigenvalue weighted by Gasteiger charge is 2.04. The molecule has 86 valence electrons. The number of halogens is 1. The van der Waals surface area contributed by atoms with Crippen LogP contribution in [0.25, 0.3) is 10.8 Å². The predicted molar refractivity (Wildman–Crippen MR) is 78.6 cm³/mol. The molecule has 0 unspecified atom stereocenters. The molecular weight excluding hydrogens is 248 g/mol. The fourth-order valence-electron chi connectivity index (χ4n) is 1.54. The van der Waals surface area contributed by atoms with E-state index in [1.807, 2.05) is 19.1 Å². The van der Waals surface area contributed by atoms with E-state index in [1.54, 1.807) is 17.8 Å². The van der Waals surface area contributed by atoms with E-state index in [0.717, 1.165) is 9.94 Å². The monoisotopic (exact) mass is 260 g/mol. The zero-order valence-corrected chi connectivity index (χ0v) is 11.2. The first kappa shape index (κ1) is 12.3. The quantitative estimate of drug-likeness (QED) is 0.512. The summed E-state index contributed by atoms with van der Waals surface area (Å²) in [6.45, 7) is 5.70. The van der Waals surface area contributed by atoms with Gasteiger partial charge in [0.25, 0.3) is 0 Å². The molecule has 0 amide bonds. The van der Waals surface area contributed by atoms with Crippen LogP contribution in [0.2, 0.25) is 0 Å². The fraction of sp³-hybridized carbons (Fsp3) is 0.0667. The van der Waals surface area contributed by atoms with E-state index < -0.39 is 0 Å². The third-order valence-electron chi connectivity index (χ3n) is 2.57. The maximum Gasteiger partial charge on any atom is 0.0811 e. The topological polar surface area (TPSA) is 0 Å². The summed E-state index contributed by atoms with van der Waals surface area (Å²) in [4.78, 5) is 1.18. The van der Waals surface area contributed by atoms with Crippen LogP contribution in [0.1, 0.15) is 6.92 Å². The van der Waals surface area contributed by atoms with E-state index in [4.69, 9.17) is 11.6 Å². The maximum atomic E-state index is 6.24. The molecular formula is C15H13ClS. The summed E-state index contributed by atoms with van der Waals surface area (Å²) in [6, 6.07) is 14.6. The molecule has 0 fully saturated rings. The number of allylic oxidation sites excluding steroid dienone is 2. The molecule has 2 aromatic carbocycles. The van der Waals surface area contributed by atoms with Gasteiger partial charge in [0, 0.05) is 4.90 Å². The minimum absolute atomic E-state index is 0.774. The minimum Gasteiger partial charge on any atom is -0.0987 e. The number of hydrogen-bond acceptors (Lipinski definition) is 1. The van der Waals surface area contributed by atoms with Crippen molar-refractivity contribution >= 4 is 34.1 Å². The Bertz CT molecular complexity index is 579. The summed E-state index contributed by atoms with van der Waals surface area (Å²) in [5, 5.41) is 2.47. The highest BCUT2D eigenvalue weighted by atomic mass is 35.5. The highest BCUT2D eigenvalue weighted by molar-refractivity contribution is 8.04. The minimum atomic E-state index is 0.774. The highest BCUT2D eigenvalue weighted by Crippen LogP contribution is 2.36. The standard InChI is InChI=1S/C15H13ClS/c1-3-11(2)15(16)17-14-10-6-8-12-7-4-5-9-13(12)14/h3-10H,1H2,2H3/b15-11-. The van der Waals surface area contributed by atoms with Crippen molar-refractivity contribution in [1.29, 1.82) is 0 Å². The van der Waals surface area contributed by atoms with Gasteiger partial charge < -0.3 is 0 Å². The number of fused-ring (bicyclic) bond motifs is 1. The van der Waals surface area contributed by atoms with Crippen LogP contribution in [0.3, 0.4) is 0 Å². The van der Waals surface area contributed by atoms with Crippen LogP contribution < -0.4 is 0 Å². The van der Waals surface area contributed by atoms with Gasteiger partial charge in [-0.05, 0) is 29.3 Å². The van der Waals surface area contributed by atoms with Gasteiger partial charge >= 0.3 is 0 Å². The van der Waals surface area contributed by atoms with Gasteiger partial charge in [-0.2, -0.15) is 0 Å². The Labute approximate surface area is 111 Å². The van der Waals surface area contributed by atoms with Gasteiger partial charge in [0.2, 0.25) is 0 Å². The molecule has 0 aliphatic carbocycles. The summed E-state index contributed by atoms with van der Waals surface area (Å²) < 4.78 is 0.774. The Balaban J connectivity index is 2.46. The van der Waals surface area contributed by atoms with Crippen molar-refractivity contribution in [1.82, 2.24) is 0 Å². The summed E-state index contributed by atoms with van der Waals surface area (Å²) in [6.07, 6.45) is 1.78. The molecule has 0 aliphatic rings. The van der Waals surface area contributed by atoms with Crippen LogP contribution in [-0.4, -0.2) is 0 Å². The maximum absolute atomic E-state index is 6.24. The summed E-state index contributed by atoms with van der Waals surface area (Å²) in [5.41, 5.74) is 1.00. The lowest BCUT2D eigenvalue weighted by Gasteiger charge is -2.06. The van der Waals surface area contributed by atoms with Crippen LogP contribution in [0.15, 0.2) is 70.0 Å². The van der Waals surface area contributed by atoms with Crippen molar-refractivity contribution < 1.29 is 0 Å². The van der Waals surface area contributed by atoms with Crippen molar-refractivity contribution in [3.05, 3.63) is 65.1 Å². The first-order valence-corrected chi connectivity index (χ1v) is 6.56. The lowest BCUT2D eigenvalue weighted by molar-refractivity contribution is 1.52. The van der Waals surface area contributed by atoms with Crippen molar-refractivity contribution in [3.8, 4) is 0 Å². The van der Waals surface area contributed by atoms with Crippen molar-refractivity contribution in [3.63, 3.8) is 0 Å². The van der Waals surface area contributed by atoms with Crippen LogP contribution in [0.5, 0.6) is 0 Å². The molecule has 17 heavy (non-hydrogen) atoms. The molecule has 0 radical (unpaired) electrons. The molecule has 0 heterocycles. The predicted octanol–water partition coefficient (Wildman–Crippen LogP) is 5.59. The molecule has 2 rings (SSSR count). The Kier molecular flexibility index (Phi) is 3.93. The first-order valence-electron chi connectivity index (χ1n) is 5.37. The molecule has 0 saturated heterocycles. The molecule has 0 N–H and O–H groups in total. The normalized spacial score (nSPS) is 12.4. The third-order valence-corrected chi connectivity index (χ3v) is 4.17. The van der Waals surface area contributed by atoms with Crippen LogP contribution in [0.4, 0.5) is 0 Å². The molecule has 0 bridgehead atoms. The Morgan fingerprint density at radius 2 is 1.88 bits per heavy atom. The lowest BCUT2D eigenvalue weighted by Crippen LogP contribution is -1.78. The van der Waals surface area contributed by atoms with E-state index in [0.29, 0.717) is 0 Å². The molecule has 0 spiro atoms. The lowest BCUT2D eigenvalue weighted by atomic mass is 10.1. The van der Waals surface area contributed by atoms with E-state index >= 15 is 0 Å². The molecule has 2 heteroatoms. The fourth-order valence-corrected chi connectivity index (χ4v) is 2.75. The van der Waals surface area contributed by atoms with Crippen LogP contribution in [0, 0.1) is 0 Å². The zero-order valence-electron chi connectivity index (χ0n) is 9.61. The number of thioether (sulfide) groups is 1. The largest absolute Gasteiger partial charge is 0.0987 e. The number of rotatable bonds is 3. The molecule has 2 aromatic rings. The average molecular weight is 261 g/mol.